The Kier molecular flexibility index (Phi) is 8.68. The predicted octanol–water partition coefficient (Wildman–Crippen LogP) is 5.15. The van der Waals surface area contributed by atoms with Crippen LogP contribution in [0.3, 0.4) is 0 Å². The lowest BCUT2D eigenvalue weighted by molar-refractivity contribution is 0.318. The maximum atomic E-state index is 5.29. The molecule has 2 aromatic rings. The van der Waals surface area contributed by atoms with Crippen molar-refractivity contribution in [1.29, 1.82) is 0 Å². The number of aromatic nitrogens is 3. The third-order valence-electron chi connectivity index (χ3n) is 3.21. The van der Waals surface area contributed by atoms with Gasteiger partial charge in [-0.3, -0.25) is 0 Å². The summed E-state index contributed by atoms with van der Waals surface area (Å²) in [6.45, 7) is 13.1. The van der Waals surface area contributed by atoms with Crippen LogP contribution in [0.1, 0.15) is 51.7 Å². The number of nitrogens with one attached hydrogen (secondary N) is 1. The molecule has 6 heteroatoms. The third kappa shape index (κ3) is 7.25. The van der Waals surface area contributed by atoms with Gasteiger partial charge in [0.15, 0.2) is 5.82 Å². The molecule has 132 valence electrons. The minimum atomic E-state index is -0.0773. The molecule has 0 amide bonds. The lowest BCUT2D eigenvalue weighted by Crippen LogP contribution is -2.11. The molecule has 0 aliphatic rings. The number of anilines is 1. The van der Waals surface area contributed by atoms with Crippen molar-refractivity contribution < 1.29 is 4.52 Å². The normalized spacial score (nSPS) is 10.8. The second kappa shape index (κ2) is 10.2. The van der Waals surface area contributed by atoms with Gasteiger partial charge in [0.2, 0.25) is 5.89 Å². The van der Waals surface area contributed by atoms with E-state index < -0.39 is 0 Å². The summed E-state index contributed by atoms with van der Waals surface area (Å²) < 4.78 is 6.33. The molecular formula is C18H27BrN4O. The van der Waals surface area contributed by atoms with Crippen LogP contribution in [0.2, 0.25) is 0 Å². The van der Waals surface area contributed by atoms with Gasteiger partial charge in [0.1, 0.15) is 5.82 Å². The molecule has 0 radical (unpaired) electrons. The fraction of sp³-hybridized carbons (Fsp3) is 0.500. The van der Waals surface area contributed by atoms with E-state index in [1.54, 1.807) is 6.20 Å². The zero-order chi connectivity index (χ0) is 18.0. The van der Waals surface area contributed by atoms with Crippen molar-refractivity contribution in [2.75, 3.05) is 11.9 Å². The van der Waals surface area contributed by atoms with E-state index in [2.05, 4.69) is 70.3 Å². The van der Waals surface area contributed by atoms with Crippen molar-refractivity contribution in [1.82, 2.24) is 15.1 Å². The standard InChI is InChI=1S/C16H23BrN4O.C2H4/c1-16(2,3)15-20-13(21-22-15)7-5-4-6-9-18-14-11-12(17)8-10-19-14;1-2/h8,10-11H,4-7,9H2,1-3H3,(H,18,19);1-2H2. The summed E-state index contributed by atoms with van der Waals surface area (Å²) in [6, 6.07) is 3.90. The molecule has 0 aromatic carbocycles. The first-order valence-electron chi connectivity index (χ1n) is 8.13. The Morgan fingerprint density at radius 3 is 2.58 bits per heavy atom. The van der Waals surface area contributed by atoms with E-state index in [1.165, 1.54) is 0 Å². The van der Waals surface area contributed by atoms with Crippen LogP contribution in [-0.4, -0.2) is 21.7 Å². The molecule has 0 saturated heterocycles. The minimum Gasteiger partial charge on any atom is -0.370 e. The Balaban J connectivity index is 0.00000139. The van der Waals surface area contributed by atoms with Crippen molar-refractivity contribution in [2.45, 2.75) is 51.9 Å². The minimum absolute atomic E-state index is 0.0773. The second-order valence-corrected chi connectivity index (χ2v) is 7.28. The van der Waals surface area contributed by atoms with Crippen LogP contribution in [-0.2, 0) is 11.8 Å². The van der Waals surface area contributed by atoms with Gasteiger partial charge >= 0.3 is 0 Å². The van der Waals surface area contributed by atoms with E-state index in [0.29, 0.717) is 5.89 Å². The number of rotatable bonds is 7. The van der Waals surface area contributed by atoms with Crippen molar-refractivity contribution >= 4 is 21.7 Å². The Morgan fingerprint density at radius 2 is 1.96 bits per heavy atom. The second-order valence-electron chi connectivity index (χ2n) is 6.36. The first-order valence-corrected chi connectivity index (χ1v) is 8.93. The van der Waals surface area contributed by atoms with Crippen LogP contribution in [0.4, 0.5) is 5.82 Å². The summed E-state index contributed by atoms with van der Waals surface area (Å²) in [7, 11) is 0. The van der Waals surface area contributed by atoms with E-state index in [4.69, 9.17) is 4.52 Å². The van der Waals surface area contributed by atoms with Gasteiger partial charge in [-0.2, -0.15) is 4.98 Å². The topological polar surface area (TPSA) is 63.8 Å². The fourth-order valence-corrected chi connectivity index (χ4v) is 2.30. The van der Waals surface area contributed by atoms with E-state index in [0.717, 1.165) is 48.3 Å². The molecule has 0 fully saturated rings. The van der Waals surface area contributed by atoms with E-state index in [-0.39, 0.29) is 5.41 Å². The summed E-state index contributed by atoms with van der Waals surface area (Å²) >= 11 is 3.43. The summed E-state index contributed by atoms with van der Waals surface area (Å²) in [5, 5.41) is 7.36. The molecule has 0 bridgehead atoms. The van der Waals surface area contributed by atoms with Gasteiger partial charge in [-0.15, -0.1) is 13.2 Å². The van der Waals surface area contributed by atoms with Crippen molar-refractivity contribution in [3.8, 4) is 0 Å². The highest BCUT2D eigenvalue weighted by Gasteiger charge is 2.21. The average molecular weight is 395 g/mol. The number of halogens is 1. The first-order chi connectivity index (χ1) is 11.4. The Morgan fingerprint density at radius 1 is 1.21 bits per heavy atom. The lowest BCUT2D eigenvalue weighted by Gasteiger charge is -2.10. The molecule has 0 aliphatic heterocycles. The molecule has 0 spiro atoms. The van der Waals surface area contributed by atoms with Crippen LogP contribution in [0, 0.1) is 0 Å². The summed E-state index contributed by atoms with van der Waals surface area (Å²) in [5.41, 5.74) is -0.0773. The SMILES string of the molecule is C=C.CC(C)(C)c1nc(CCCCCNc2cc(Br)ccn2)no1. The Labute approximate surface area is 153 Å². The Hall–Kier alpha value is -1.69. The summed E-state index contributed by atoms with van der Waals surface area (Å²) in [6.07, 6.45) is 5.94. The van der Waals surface area contributed by atoms with Crippen LogP contribution >= 0.6 is 15.9 Å². The van der Waals surface area contributed by atoms with Gasteiger partial charge in [-0.1, -0.05) is 48.3 Å². The maximum Gasteiger partial charge on any atom is 0.232 e. The largest absolute Gasteiger partial charge is 0.370 e. The maximum absolute atomic E-state index is 5.29. The van der Waals surface area contributed by atoms with E-state index >= 15 is 0 Å². The molecule has 0 aliphatic carbocycles. The molecule has 2 rings (SSSR count). The smallest absolute Gasteiger partial charge is 0.232 e. The third-order valence-corrected chi connectivity index (χ3v) is 3.71. The van der Waals surface area contributed by atoms with Gasteiger partial charge < -0.3 is 9.84 Å². The number of pyridine rings is 1. The van der Waals surface area contributed by atoms with Gasteiger partial charge in [0.05, 0.1) is 0 Å². The fourth-order valence-electron chi connectivity index (χ4n) is 1.96. The molecule has 1 N–H and O–H groups in total. The monoisotopic (exact) mass is 394 g/mol. The average Bonchev–Trinajstić information content (AvgIpc) is 3.02. The number of nitrogens with zero attached hydrogens (tertiary/aromatic N) is 3. The molecule has 5 nitrogen and oxygen atoms in total. The van der Waals surface area contributed by atoms with Crippen LogP contribution in [0.15, 0.2) is 40.5 Å². The quantitative estimate of drug-likeness (QED) is 0.519. The lowest BCUT2D eigenvalue weighted by atomic mass is 9.97. The number of aryl methyl sites for hydroxylation is 1. The van der Waals surface area contributed by atoms with Crippen molar-refractivity contribution in [3.63, 3.8) is 0 Å². The van der Waals surface area contributed by atoms with Gasteiger partial charge in [-0.25, -0.2) is 4.98 Å². The van der Waals surface area contributed by atoms with Crippen molar-refractivity contribution in [2.24, 2.45) is 0 Å². The zero-order valence-electron chi connectivity index (χ0n) is 14.8. The zero-order valence-corrected chi connectivity index (χ0v) is 16.4. The molecule has 0 atom stereocenters. The van der Waals surface area contributed by atoms with Crippen LogP contribution in [0.5, 0.6) is 0 Å². The number of hydrogen-bond donors (Lipinski definition) is 1. The molecule has 0 saturated carbocycles. The highest BCUT2D eigenvalue weighted by atomic mass is 79.9. The molecule has 2 aromatic heterocycles. The van der Waals surface area contributed by atoms with Crippen LogP contribution < -0.4 is 5.32 Å². The molecule has 24 heavy (non-hydrogen) atoms. The molecular weight excluding hydrogens is 368 g/mol. The molecule has 0 unspecified atom stereocenters. The predicted molar refractivity (Wildman–Crippen MR) is 102 cm³/mol. The van der Waals surface area contributed by atoms with Gasteiger partial charge in [0.25, 0.3) is 0 Å². The number of hydrogen-bond acceptors (Lipinski definition) is 5. The highest BCUT2D eigenvalue weighted by molar-refractivity contribution is 9.10. The summed E-state index contributed by atoms with van der Waals surface area (Å²) in [5.74, 6) is 2.43. The summed E-state index contributed by atoms with van der Waals surface area (Å²) in [4.78, 5) is 8.71. The van der Waals surface area contributed by atoms with Gasteiger partial charge in [-0.05, 0) is 25.0 Å². The van der Waals surface area contributed by atoms with E-state index in [1.807, 2.05) is 12.1 Å². The number of unbranched alkanes of at least 4 members (excludes halogenated alkanes) is 2. The van der Waals surface area contributed by atoms with Crippen LogP contribution in [0.25, 0.3) is 0 Å². The van der Waals surface area contributed by atoms with E-state index in [9.17, 15) is 0 Å². The first kappa shape index (κ1) is 20.4. The highest BCUT2D eigenvalue weighted by Crippen LogP contribution is 2.20. The van der Waals surface area contributed by atoms with Crippen molar-refractivity contribution in [3.05, 3.63) is 47.7 Å². The van der Waals surface area contributed by atoms with Gasteiger partial charge in [0, 0.05) is 29.1 Å². The Bertz CT molecular complexity index is 607. The molecule has 2 heterocycles.